The number of nitrogens with zero attached hydrogens (tertiary/aromatic N) is 5. The van der Waals surface area contributed by atoms with Crippen molar-refractivity contribution in [2.45, 2.75) is 31.6 Å². The van der Waals surface area contributed by atoms with Gasteiger partial charge in [-0.2, -0.15) is 5.10 Å². The highest BCUT2D eigenvalue weighted by Crippen LogP contribution is 2.30. The van der Waals surface area contributed by atoms with Gasteiger partial charge in [-0.25, -0.2) is 0 Å². The van der Waals surface area contributed by atoms with Crippen LogP contribution < -0.4 is 4.90 Å². The highest BCUT2D eigenvalue weighted by Gasteiger charge is 2.27. The van der Waals surface area contributed by atoms with Crippen molar-refractivity contribution in [3.05, 3.63) is 65.7 Å². The number of anilines is 1. The molecular weight excluding hydrogens is 386 g/mol. The summed E-state index contributed by atoms with van der Waals surface area (Å²) in [5, 5.41) is 4.24. The third-order valence-electron chi connectivity index (χ3n) is 6.63. The fraction of sp³-hybridized carbons (Fsp3) is 0.400. The minimum Gasteiger partial charge on any atom is -0.374 e. The number of rotatable bonds is 3. The third kappa shape index (κ3) is 3.94. The Bertz CT molecular complexity index is 1090. The molecule has 1 saturated heterocycles. The van der Waals surface area contributed by atoms with Gasteiger partial charge in [-0.15, -0.1) is 0 Å². The van der Waals surface area contributed by atoms with Crippen LogP contribution in [0.15, 0.2) is 48.9 Å². The van der Waals surface area contributed by atoms with E-state index in [0.717, 1.165) is 67.7 Å². The number of aryl methyl sites for hydroxylation is 2. The van der Waals surface area contributed by atoms with Gasteiger partial charge in [0, 0.05) is 80.1 Å². The molecule has 0 saturated carbocycles. The number of fused-ring (bicyclic) bond motifs is 1. The number of carbonyl (C=O) groups excluding carboxylic acids is 1. The molecule has 0 aliphatic carbocycles. The number of carbonyl (C=O) groups is 1. The average molecular weight is 416 g/mol. The Morgan fingerprint density at radius 3 is 2.71 bits per heavy atom. The van der Waals surface area contributed by atoms with Crippen molar-refractivity contribution in [3.8, 4) is 11.1 Å². The van der Waals surface area contributed by atoms with Crippen molar-refractivity contribution in [2.24, 2.45) is 7.05 Å². The monoisotopic (exact) mass is 415 g/mol. The van der Waals surface area contributed by atoms with Crippen LogP contribution in [0.5, 0.6) is 0 Å². The van der Waals surface area contributed by atoms with E-state index in [1.165, 1.54) is 11.3 Å². The molecule has 31 heavy (non-hydrogen) atoms. The lowest BCUT2D eigenvalue weighted by Gasteiger charge is -2.33. The quantitative estimate of drug-likeness (QED) is 0.651. The molecule has 2 aromatic heterocycles. The minimum absolute atomic E-state index is 0.146. The molecule has 1 fully saturated rings. The molecule has 0 bridgehead atoms. The van der Waals surface area contributed by atoms with Crippen LogP contribution in [-0.4, -0.2) is 52.3 Å². The maximum absolute atomic E-state index is 13.3. The summed E-state index contributed by atoms with van der Waals surface area (Å²) in [5.74, 6) is 0.428. The van der Waals surface area contributed by atoms with E-state index in [1.807, 2.05) is 36.6 Å². The molecule has 0 spiro atoms. The van der Waals surface area contributed by atoms with Crippen LogP contribution in [0.3, 0.4) is 0 Å². The third-order valence-corrected chi connectivity index (χ3v) is 6.63. The number of hydrogen-bond acceptors (Lipinski definition) is 4. The zero-order valence-corrected chi connectivity index (χ0v) is 18.3. The number of amides is 1. The fourth-order valence-electron chi connectivity index (χ4n) is 4.89. The van der Waals surface area contributed by atoms with E-state index in [9.17, 15) is 4.79 Å². The lowest BCUT2D eigenvalue weighted by atomic mass is 9.93. The normalized spacial score (nSPS) is 18.7. The van der Waals surface area contributed by atoms with Gasteiger partial charge in [0.2, 0.25) is 0 Å². The van der Waals surface area contributed by atoms with Crippen LogP contribution in [-0.2, 0) is 13.5 Å². The minimum atomic E-state index is 0.146. The summed E-state index contributed by atoms with van der Waals surface area (Å²) in [6, 6.07) is 10.4. The predicted molar refractivity (Wildman–Crippen MR) is 122 cm³/mol. The summed E-state index contributed by atoms with van der Waals surface area (Å²) in [4.78, 5) is 22.3. The Hall–Kier alpha value is -3.15. The second kappa shape index (κ2) is 8.17. The molecule has 1 unspecified atom stereocenters. The van der Waals surface area contributed by atoms with Gasteiger partial charge in [-0.1, -0.05) is 6.07 Å². The van der Waals surface area contributed by atoms with Crippen LogP contribution in [0.1, 0.15) is 46.8 Å². The van der Waals surface area contributed by atoms with E-state index in [-0.39, 0.29) is 11.8 Å². The number of hydrogen-bond donors (Lipinski definition) is 0. The highest BCUT2D eigenvalue weighted by molar-refractivity contribution is 5.95. The van der Waals surface area contributed by atoms with Crippen molar-refractivity contribution in [2.75, 3.05) is 31.6 Å². The first-order valence-electron chi connectivity index (χ1n) is 11.2. The molecule has 1 atom stereocenters. The molecule has 6 heteroatoms. The molecule has 3 aromatic rings. The SMILES string of the molecule is CN1CCCc2cc(C(=O)N3CCCC(c4ccc(-c5cnn(C)c5)cn4)C3)ccc21. The van der Waals surface area contributed by atoms with E-state index in [2.05, 4.69) is 41.3 Å². The largest absolute Gasteiger partial charge is 0.374 e. The second-order valence-electron chi connectivity index (χ2n) is 8.83. The highest BCUT2D eigenvalue weighted by atomic mass is 16.2. The van der Waals surface area contributed by atoms with Gasteiger partial charge in [0.25, 0.3) is 5.91 Å². The lowest BCUT2D eigenvalue weighted by molar-refractivity contribution is 0.0706. The van der Waals surface area contributed by atoms with E-state index in [1.54, 1.807) is 4.68 Å². The fourth-order valence-corrected chi connectivity index (χ4v) is 4.89. The average Bonchev–Trinajstić information content (AvgIpc) is 3.25. The van der Waals surface area contributed by atoms with Gasteiger partial charge in [0.15, 0.2) is 0 Å². The molecule has 0 radical (unpaired) electrons. The van der Waals surface area contributed by atoms with Gasteiger partial charge in [-0.05, 0) is 55.5 Å². The van der Waals surface area contributed by atoms with Crippen LogP contribution in [0.25, 0.3) is 11.1 Å². The number of benzene rings is 1. The van der Waals surface area contributed by atoms with Crippen molar-refractivity contribution in [1.82, 2.24) is 19.7 Å². The van der Waals surface area contributed by atoms with Crippen LogP contribution in [0.4, 0.5) is 5.69 Å². The number of piperidine rings is 1. The van der Waals surface area contributed by atoms with E-state index in [4.69, 9.17) is 4.98 Å². The molecule has 5 rings (SSSR count). The lowest BCUT2D eigenvalue weighted by Crippen LogP contribution is -2.39. The summed E-state index contributed by atoms with van der Waals surface area (Å²) in [6.45, 7) is 2.63. The Balaban J connectivity index is 1.30. The van der Waals surface area contributed by atoms with Gasteiger partial charge < -0.3 is 9.80 Å². The van der Waals surface area contributed by atoms with E-state index >= 15 is 0 Å². The summed E-state index contributed by atoms with van der Waals surface area (Å²) < 4.78 is 1.80. The second-order valence-corrected chi connectivity index (χ2v) is 8.83. The Kier molecular flexibility index (Phi) is 5.22. The number of likely N-dealkylation sites (tertiary alicyclic amines) is 1. The first-order valence-corrected chi connectivity index (χ1v) is 11.2. The zero-order valence-electron chi connectivity index (χ0n) is 18.3. The molecule has 1 aromatic carbocycles. The zero-order chi connectivity index (χ0) is 21.4. The number of pyridine rings is 1. The molecule has 0 N–H and O–H groups in total. The molecule has 2 aliphatic heterocycles. The molecule has 6 nitrogen and oxygen atoms in total. The summed E-state index contributed by atoms with van der Waals surface area (Å²) in [6.07, 6.45) is 10.0. The van der Waals surface area contributed by atoms with Crippen LogP contribution in [0, 0.1) is 0 Å². The molecule has 160 valence electrons. The van der Waals surface area contributed by atoms with Gasteiger partial charge in [0.05, 0.1) is 6.20 Å². The van der Waals surface area contributed by atoms with Crippen molar-refractivity contribution >= 4 is 11.6 Å². The first kappa shape index (κ1) is 19.8. The van der Waals surface area contributed by atoms with Gasteiger partial charge in [0.1, 0.15) is 0 Å². The van der Waals surface area contributed by atoms with E-state index < -0.39 is 0 Å². The smallest absolute Gasteiger partial charge is 0.253 e. The van der Waals surface area contributed by atoms with Crippen LogP contribution >= 0.6 is 0 Å². The van der Waals surface area contributed by atoms with Gasteiger partial charge in [-0.3, -0.25) is 14.5 Å². The van der Waals surface area contributed by atoms with Gasteiger partial charge >= 0.3 is 0 Å². The topological polar surface area (TPSA) is 54.3 Å². The van der Waals surface area contributed by atoms with Crippen LogP contribution in [0.2, 0.25) is 0 Å². The summed E-state index contributed by atoms with van der Waals surface area (Å²) >= 11 is 0. The molecule has 2 aliphatic rings. The molecular formula is C25H29N5O. The maximum atomic E-state index is 13.3. The Morgan fingerprint density at radius 1 is 1.03 bits per heavy atom. The number of aromatic nitrogens is 3. The molecule has 4 heterocycles. The maximum Gasteiger partial charge on any atom is 0.253 e. The molecule has 1 amide bonds. The summed E-state index contributed by atoms with van der Waals surface area (Å²) in [5.41, 5.74) is 6.57. The van der Waals surface area contributed by atoms with E-state index in [0.29, 0.717) is 0 Å². The summed E-state index contributed by atoms with van der Waals surface area (Å²) in [7, 11) is 4.04. The van der Waals surface area contributed by atoms with Crippen molar-refractivity contribution < 1.29 is 4.79 Å². The first-order chi connectivity index (χ1) is 15.1. The Morgan fingerprint density at radius 2 is 1.94 bits per heavy atom. The predicted octanol–water partition coefficient (Wildman–Crippen LogP) is 3.88. The van der Waals surface area contributed by atoms with Crippen molar-refractivity contribution in [1.29, 1.82) is 0 Å². The standard InChI is InChI=1S/C25H29N5O/c1-28-11-3-5-18-13-19(8-10-24(18)28)25(31)30-12-4-6-21(17-30)23-9-7-20(14-26-23)22-15-27-29(2)16-22/h7-10,13-16,21H,3-6,11-12,17H2,1-2H3. The van der Waals surface area contributed by atoms with Crippen molar-refractivity contribution in [3.63, 3.8) is 0 Å². The Labute approximate surface area is 183 Å².